The van der Waals surface area contributed by atoms with Gasteiger partial charge in [0.25, 0.3) is 0 Å². The first-order chi connectivity index (χ1) is 14.6. The zero-order valence-electron chi connectivity index (χ0n) is 16.4. The molecular weight excluding hydrogens is 386 g/mol. The lowest BCUT2D eigenvalue weighted by Gasteiger charge is -2.07. The maximum absolute atomic E-state index is 14.0. The van der Waals surface area contributed by atoms with Crippen molar-refractivity contribution in [1.29, 1.82) is 0 Å². The first-order valence-electron chi connectivity index (χ1n) is 9.57. The molecule has 0 bridgehead atoms. The molecule has 0 aliphatic carbocycles. The lowest BCUT2D eigenvalue weighted by Crippen LogP contribution is -2.07. The molecule has 3 aromatic rings. The molecular formula is C24H20F2N2O2. The van der Waals surface area contributed by atoms with E-state index in [-0.39, 0.29) is 24.1 Å². The smallest absolute Gasteiger partial charge is 0.222 e. The summed E-state index contributed by atoms with van der Waals surface area (Å²) in [5.41, 5.74) is 3.37. The van der Waals surface area contributed by atoms with Crippen molar-refractivity contribution in [3.05, 3.63) is 107 Å². The molecule has 0 aromatic heterocycles. The van der Waals surface area contributed by atoms with Crippen LogP contribution in [0.3, 0.4) is 0 Å². The maximum atomic E-state index is 14.0. The Morgan fingerprint density at radius 1 is 1.00 bits per heavy atom. The van der Waals surface area contributed by atoms with Gasteiger partial charge in [0, 0.05) is 0 Å². The normalized spacial score (nSPS) is 16.2. The number of hydrogen-bond acceptors (Lipinski definition) is 4. The van der Waals surface area contributed by atoms with Gasteiger partial charge >= 0.3 is 0 Å². The highest BCUT2D eigenvalue weighted by Crippen LogP contribution is 2.27. The van der Waals surface area contributed by atoms with Gasteiger partial charge in [0.05, 0.1) is 5.71 Å². The molecule has 4 rings (SSSR count). The van der Waals surface area contributed by atoms with Crippen LogP contribution < -0.4 is 0 Å². The van der Waals surface area contributed by atoms with Gasteiger partial charge in [-0.05, 0) is 35.7 Å². The van der Waals surface area contributed by atoms with E-state index in [4.69, 9.17) is 9.57 Å². The number of hydrogen-bond donors (Lipinski definition) is 0. The van der Waals surface area contributed by atoms with E-state index in [1.54, 1.807) is 0 Å². The standard InChI is InChI=1S/C24H20F2N2O2/c1-16(28-30-14-17-6-3-2-4-7-17)18-10-12-19(13-11-18)22-15-29-24(27-22)23-20(25)8-5-9-21(23)26/h2-13,22H,14-15H2,1H3. The van der Waals surface area contributed by atoms with E-state index in [0.29, 0.717) is 6.61 Å². The van der Waals surface area contributed by atoms with Crippen molar-refractivity contribution in [1.82, 2.24) is 0 Å². The highest BCUT2D eigenvalue weighted by atomic mass is 19.1. The van der Waals surface area contributed by atoms with Crippen molar-refractivity contribution in [2.24, 2.45) is 10.1 Å². The number of halogens is 2. The molecule has 3 aromatic carbocycles. The van der Waals surface area contributed by atoms with Crippen LogP contribution in [0.5, 0.6) is 0 Å². The Morgan fingerprint density at radius 2 is 1.70 bits per heavy atom. The van der Waals surface area contributed by atoms with Gasteiger partial charge in [0.15, 0.2) is 0 Å². The largest absolute Gasteiger partial charge is 0.475 e. The average molecular weight is 406 g/mol. The van der Waals surface area contributed by atoms with Crippen molar-refractivity contribution in [3.8, 4) is 0 Å². The molecule has 0 amide bonds. The summed E-state index contributed by atoms with van der Waals surface area (Å²) in [5.74, 6) is -1.38. The minimum absolute atomic E-state index is 0.00766. The van der Waals surface area contributed by atoms with Crippen LogP contribution in [0.1, 0.15) is 35.2 Å². The third-order valence-corrected chi connectivity index (χ3v) is 4.82. The molecule has 0 N–H and O–H groups in total. The summed E-state index contributed by atoms with van der Waals surface area (Å²) in [5, 5.41) is 4.17. The van der Waals surface area contributed by atoms with Crippen LogP contribution in [0.15, 0.2) is 82.9 Å². The summed E-state index contributed by atoms with van der Waals surface area (Å²) in [6.45, 7) is 2.51. The predicted octanol–water partition coefficient (Wildman–Crippen LogP) is 5.42. The summed E-state index contributed by atoms with van der Waals surface area (Å²) < 4.78 is 33.4. The van der Waals surface area contributed by atoms with Crippen molar-refractivity contribution < 1.29 is 18.4 Å². The number of benzene rings is 3. The third-order valence-electron chi connectivity index (χ3n) is 4.82. The van der Waals surface area contributed by atoms with E-state index in [0.717, 1.165) is 22.4 Å². The number of ether oxygens (including phenoxy) is 1. The molecule has 152 valence electrons. The number of nitrogens with zero attached hydrogens (tertiary/aromatic N) is 2. The lowest BCUT2D eigenvalue weighted by atomic mass is 10.0. The van der Waals surface area contributed by atoms with E-state index in [1.807, 2.05) is 61.5 Å². The first-order valence-corrected chi connectivity index (χ1v) is 9.57. The highest BCUT2D eigenvalue weighted by molar-refractivity contribution is 5.98. The van der Waals surface area contributed by atoms with Crippen molar-refractivity contribution in [2.75, 3.05) is 6.61 Å². The molecule has 4 nitrogen and oxygen atoms in total. The molecule has 0 fully saturated rings. The van der Waals surface area contributed by atoms with E-state index in [2.05, 4.69) is 10.1 Å². The molecule has 1 unspecified atom stereocenters. The van der Waals surface area contributed by atoms with Gasteiger partial charge < -0.3 is 9.57 Å². The maximum Gasteiger partial charge on any atom is 0.222 e. The third kappa shape index (κ3) is 4.38. The molecule has 1 aliphatic rings. The van der Waals surface area contributed by atoms with Crippen molar-refractivity contribution in [3.63, 3.8) is 0 Å². The quantitative estimate of drug-likeness (QED) is 0.405. The van der Waals surface area contributed by atoms with E-state index < -0.39 is 11.6 Å². The molecule has 1 aliphatic heterocycles. The number of aliphatic imine (C=N–C) groups is 1. The van der Waals surface area contributed by atoms with Crippen LogP contribution >= 0.6 is 0 Å². The predicted molar refractivity (Wildman–Crippen MR) is 111 cm³/mol. The van der Waals surface area contributed by atoms with Gasteiger partial charge in [-0.15, -0.1) is 0 Å². The molecule has 0 saturated carbocycles. The molecule has 0 saturated heterocycles. The minimum Gasteiger partial charge on any atom is -0.475 e. The summed E-state index contributed by atoms with van der Waals surface area (Å²) in [4.78, 5) is 9.79. The fourth-order valence-corrected chi connectivity index (χ4v) is 3.16. The average Bonchev–Trinajstić information content (AvgIpc) is 3.24. The Morgan fingerprint density at radius 3 is 2.40 bits per heavy atom. The van der Waals surface area contributed by atoms with Crippen LogP contribution in [0.2, 0.25) is 0 Å². The van der Waals surface area contributed by atoms with Gasteiger partial charge in [0.1, 0.15) is 36.5 Å². The Bertz CT molecular complexity index is 1060. The van der Waals surface area contributed by atoms with Crippen molar-refractivity contribution >= 4 is 11.6 Å². The van der Waals surface area contributed by atoms with E-state index >= 15 is 0 Å². The Hall–Kier alpha value is -3.54. The SMILES string of the molecule is CC(=NOCc1ccccc1)c1ccc(C2COC(c3c(F)cccc3F)=N2)cc1. The Balaban J connectivity index is 1.43. The zero-order valence-corrected chi connectivity index (χ0v) is 16.4. The second-order valence-electron chi connectivity index (χ2n) is 6.92. The Kier molecular flexibility index (Phi) is 5.84. The monoisotopic (exact) mass is 406 g/mol. The summed E-state index contributed by atoms with van der Waals surface area (Å²) in [6, 6.07) is 20.8. The van der Waals surface area contributed by atoms with Gasteiger partial charge in [-0.2, -0.15) is 0 Å². The lowest BCUT2D eigenvalue weighted by molar-refractivity contribution is 0.130. The zero-order chi connectivity index (χ0) is 20.9. The molecule has 1 atom stereocenters. The molecule has 0 radical (unpaired) electrons. The number of oxime groups is 1. The van der Waals surface area contributed by atoms with Crippen LogP contribution in [0.4, 0.5) is 8.78 Å². The fraction of sp³-hybridized carbons (Fsp3) is 0.167. The second kappa shape index (κ2) is 8.86. The van der Waals surface area contributed by atoms with Gasteiger partial charge in [-0.3, -0.25) is 0 Å². The summed E-state index contributed by atoms with van der Waals surface area (Å²) in [7, 11) is 0. The van der Waals surface area contributed by atoms with Gasteiger partial charge in [0.2, 0.25) is 5.90 Å². The van der Waals surface area contributed by atoms with E-state index in [1.165, 1.54) is 18.2 Å². The van der Waals surface area contributed by atoms with Crippen molar-refractivity contribution in [2.45, 2.75) is 19.6 Å². The highest BCUT2D eigenvalue weighted by Gasteiger charge is 2.26. The van der Waals surface area contributed by atoms with Gasteiger partial charge in [-0.1, -0.05) is 65.8 Å². The van der Waals surface area contributed by atoms with Crippen LogP contribution in [-0.2, 0) is 16.2 Å². The summed E-state index contributed by atoms with van der Waals surface area (Å²) >= 11 is 0. The van der Waals surface area contributed by atoms with Crippen LogP contribution in [0.25, 0.3) is 0 Å². The first kappa shape index (κ1) is 19.8. The Labute approximate surface area is 173 Å². The van der Waals surface area contributed by atoms with Gasteiger partial charge in [-0.25, -0.2) is 13.8 Å². The number of rotatable bonds is 6. The van der Waals surface area contributed by atoms with Crippen LogP contribution in [0, 0.1) is 11.6 Å². The second-order valence-corrected chi connectivity index (χ2v) is 6.92. The molecule has 1 heterocycles. The van der Waals surface area contributed by atoms with Crippen LogP contribution in [-0.4, -0.2) is 18.2 Å². The van der Waals surface area contributed by atoms with E-state index in [9.17, 15) is 8.78 Å². The fourth-order valence-electron chi connectivity index (χ4n) is 3.16. The molecule has 30 heavy (non-hydrogen) atoms. The molecule has 0 spiro atoms. The summed E-state index contributed by atoms with van der Waals surface area (Å²) in [6.07, 6.45) is 0. The topological polar surface area (TPSA) is 43.2 Å². The minimum atomic E-state index is -0.688. The molecule has 6 heteroatoms.